The van der Waals surface area contributed by atoms with Crippen LogP contribution in [0.3, 0.4) is 0 Å². The maximum atomic E-state index is 9.67. The second-order valence-electron chi connectivity index (χ2n) is 5.23. The Labute approximate surface area is 119 Å². The minimum Gasteiger partial charge on any atom is -0.356 e. The monoisotopic (exact) mass is 263 g/mol. The van der Waals surface area contributed by atoms with E-state index in [-0.39, 0.29) is 5.41 Å². The van der Waals surface area contributed by atoms with Gasteiger partial charge in [0.1, 0.15) is 5.82 Å². The van der Waals surface area contributed by atoms with Gasteiger partial charge in [0, 0.05) is 19.3 Å². The number of anilines is 1. The first-order valence-corrected chi connectivity index (χ1v) is 6.97. The molecule has 0 unspecified atom stereocenters. The number of nitrogens with zero attached hydrogens (tertiary/aromatic N) is 3. The molecule has 1 aromatic carbocycles. The van der Waals surface area contributed by atoms with Crippen molar-refractivity contribution in [2.24, 2.45) is 0 Å². The summed E-state index contributed by atoms with van der Waals surface area (Å²) in [6.07, 6.45) is 3.52. The van der Waals surface area contributed by atoms with E-state index in [0.717, 1.165) is 37.3 Å². The minimum absolute atomic E-state index is 0.341. The molecule has 20 heavy (non-hydrogen) atoms. The van der Waals surface area contributed by atoms with Crippen molar-refractivity contribution in [2.75, 3.05) is 18.0 Å². The highest BCUT2D eigenvalue weighted by Gasteiger charge is 2.36. The summed E-state index contributed by atoms with van der Waals surface area (Å²) in [5.41, 5.74) is 0.801. The SMILES string of the molecule is N#CC1(c2ccccc2)CCN(c2ccccn2)CC1. The Hall–Kier alpha value is -2.34. The van der Waals surface area contributed by atoms with E-state index in [1.165, 1.54) is 0 Å². The Morgan fingerprint density at radius 3 is 2.30 bits per heavy atom. The van der Waals surface area contributed by atoms with E-state index in [2.05, 4.69) is 28.1 Å². The molecule has 1 aliphatic heterocycles. The molecule has 3 heteroatoms. The second-order valence-corrected chi connectivity index (χ2v) is 5.23. The summed E-state index contributed by atoms with van der Waals surface area (Å²) in [6.45, 7) is 1.75. The highest BCUT2D eigenvalue weighted by Crippen LogP contribution is 2.35. The lowest BCUT2D eigenvalue weighted by atomic mass is 9.74. The number of aromatic nitrogens is 1. The van der Waals surface area contributed by atoms with Crippen molar-refractivity contribution in [1.82, 2.24) is 4.98 Å². The van der Waals surface area contributed by atoms with Gasteiger partial charge in [0.15, 0.2) is 0 Å². The molecule has 100 valence electrons. The molecule has 2 heterocycles. The van der Waals surface area contributed by atoms with Crippen LogP contribution in [0.1, 0.15) is 18.4 Å². The molecule has 1 saturated heterocycles. The average molecular weight is 263 g/mol. The summed E-state index contributed by atoms with van der Waals surface area (Å²) in [5, 5.41) is 9.67. The van der Waals surface area contributed by atoms with E-state index < -0.39 is 0 Å². The number of hydrogen-bond acceptors (Lipinski definition) is 3. The summed E-state index contributed by atoms with van der Waals surface area (Å²) in [5.74, 6) is 1.01. The maximum absolute atomic E-state index is 9.67. The lowest BCUT2D eigenvalue weighted by molar-refractivity contribution is 0.414. The molecule has 0 spiro atoms. The van der Waals surface area contributed by atoms with E-state index in [1.54, 1.807) is 0 Å². The van der Waals surface area contributed by atoms with Gasteiger partial charge in [0.2, 0.25) is 0 Å². The summed E-state index contributed by atoms with van der Waals surface area (Å²) in [4.78, 5) is 6.65. The zero-order valence-electron chi connectivity index (χ0n) is 11.4. The summed E-state index contributed by atoms with van der Waals surface area (Å²) < 4.78 is 0. The van der Waals surface area contributed by atoms with E-state index in [4.69, 9.17) is 0 Å². The van der Waals surface area contributed by atoms with E-state index in [9.17, 15) is 5.26 Å². The van der Waals surface area contributed by atoms with Crippen LogP contribution in [0.2, 0.25) is 0 Å². The van der Waals surface area contributed by atoms with Gasteiger partial charge in [-0.05, 0) is 30.5 Å². The molecule has 0 aliphatic carbocycles. The predicted octanol–water partition coefficient (Wildman–Crippen LogP) is 3.14. The molecule has 2 aromatic rings. The molecule has 3 rings (SSSR count). The van der Waals surface area contributed by atoms with Gasteiger partial charge in [-0.2, -0.15) is 5.26 Å². The number of benzene rings is 1. The van der Waals surface area contributed by atoms with Crippen LogP contribution < -0.4 is 4.90 Å². The topological polar surface area (TPSA) is 39.9 Å². The standard InChI is InChI=1S/C17H17N3/c18-14-17(15-6-2-1-3-7-15)9-12-20(13-10-17)16-8-4-5-11-19-16/h1-8,11H,9-10,12-13H2. The highest BCUT2D eigenvalue weighted by molar-refractivity contribution is 5.42. The molecule has 1 fully saturated rings. The Bertz CT molecular complexity index is 593. The number of pyridine rings is 1. The first-order valence-electron chi connectivity index (χ1n) is 6.97. The quantitative estimate of drug-likeness (QED) is 0.835. The fraction of sp³-hybridized carbons (Fsp3) is 0.294. The maximum Gasteiger partial charge on any atom is 0.128 e. The van der Waals surface area contributed by atoms with Gasteiger partial charge in [-0.3, -0.25) is 0 Å². The van der Waals surface area contributed by atoms with E-state index >= 15 is 0 Å². The predicted molar refractivity (Wildman–Crippen MR) is 79.4 cm³/mol. The lowest BCUT2D eigenvalue weighted by Crippen LogP contribution is -2.42. The van der Waals surface area contributed by atoms with E-state index in [0.29, 0.717) is 0 Å². The van der Waals surface area contributed by atoms with Gasteiger partial charge in [0.25, 0.3) is 0 Å². The van der Waals surface area contributed by atoms with Crippen LogP contribution >= 0.6 is 0 Å². The van der Waals surface area contributed by atoms with Crippen LogP contribution in [0.4, 0.5) is 5.82 Å². The Kier molecular flexibility index (Phi) is 3.39. The third-order valence-electron chi connectivity index (χ3n) is 4.13. The Balaban J connectivity index is 1.79. The average Bonchev–Trinajstić information content (AvgIpc) is 2.56. The number of piperidine rings is 1. The summed E-state index contributed by atoms with van der Waals surface area (Å²) in [7, 11) is 0. The van der Waals surface area contributed by atoms with Crippen molar-refractivity contribution in [1.29, 1.82) is 5.26 Å². The van der Waals surface area contributed by atoms with Crippen LogP contribution in [0, 0.1) is 11.3 Å². The first-order chi connectivity index (χ1) is 9.84. The first kappa shape index (κ1) is 12.7. The fourth-order valence-corrected chi connectivity index (χ4v) is 2.88. The van der Waals surface area contributed by atoms with Gasteiger partial charge >= 0.3 is 0 Å². The van der Waals surface area contributed by atoms with Crippen LogP contribution in [0.5, 0.6) is 0 Å². The minimum atomic E-state index is -0.341. The highest BCUT2D eigenvalue weighted by atomic mass is 15.2. The number of rotatable bonds is 2. The number of nitriles is 1. The Morgan fingerprint density at radius 1 is 1.00 bits per heavy atom. The van der Waals surface area contributed by atoms with Gasteiger partial charge in [-0.15, -0.1) is 0 Å². The number of hydrogen-bond donors (Lipinski definition) is 0. The smallest absolute Gasteiger partial charge is 0.128 e. The second kappa shape index (κ2) is 5.34. The van der Waals surface area contributed by atoms with Crippen molar-refractivity contribution < 1.29 is 0 Å². The molecule has 0 amide bonds. The van der Waals surface area contributed by atoms with Crippen molar-refractivity contribution in [3.05, 3.63) is 60.3 Å². The van der Waals surface area contributed by atoms with Crippen molar-refractivity contribution in [2.45, 2.75) is 18.3 Å². The van der Waals surface area contributed by atoms with Crippen LogP contribution in [0.15, 0.2) is 54.7 Å². The van der Waals surface area contributed by atoms with Crippen molar-refractivity contribution in [3.8, 4) is 6.07 Å². The van der Waals surface area contributed by atoms with Gasteiger partial charge in [0.05, 0.1) is 11.5 Å². The van der Waals surface area contributed by atoms with E-state index in [1.807, 2.05) is 42.6 Å². The van der Waals surface area contributed by atoms with Crippen LogP contribution in [-0.4, -0.2) is 18.1 Å². The van der Waals surface area contributed by atoms with Gasteiger partial charge < -0.3 is 4.90 Å². The molecular weight excluding hydrogens is 246 g/mol. The molecule has 3 nitrogen and oxygen atoms in total. The van der Waals surface area contributed by atoms with Crippen LogP contribution in [0.25, 0.3) is 0 Å². The fourth-order valence-electron chi connectivity index (χ4n) is 2.88. The molecule has 0 saturated carbocycles. The zero-order valence-corrected chi connectivity index (χ0v) is 11.4. The van der Waals surface area contributed by atoms with Crippen molar-refractivity contribution >= 4 is 5.82 Å². The molecule has 1 aliphatic rings. The molecule has 0 atom stereocenters. The summed E-state index contributed by atoms with van der Waals surface area (Å²) in [6, 6.07) is 18.7. The third-order valence-corrected chi connectivity index (χ3v) is 4.13. The van der Waals surface area contributed by atoms with Crippen molar-refractivity contribution in [3.63, 3.8) is 0 Å². The molecule has 0 bridgehead atoms. The van der Waals surface area contributed by atoms with Gasteiger partial charge in [-0.1, -0.05) is 36.4 Å². The largest absolute Gasteiger partial charge is 0.356 e. The Morgan fingerprint density at radius 2 is 1.70 bits per heavy atom. The lowest BCUT2D eigenvalue weighted by Gasteiger charge is -2.38. The van der Waals surface area contributed by atoms with Gasteiger partial charge in [-0.25, -0.2) is 4.98 Å². The third kappa shape index (κ3) is 2.25. The summed E-state index contributed by atoms with van der Waals surface area (Å²) >= 11 is 0. The molecular formula is C17H17N3. The normalized spacial score (nSPS) is 17.4. The molecule has 1 aromatic heterocycles. The molecule has 0 N–H and O–H groups in total. The zero-order chi connectivity index (χ0) is 13.8. The molecule has 0 radical (unpaired) electrons. The van der Waals surface area contributed by atoms with Crippen LogP contribution in [-0.2, 0) is 5.41 Å².